The fraction of sp³-hybridized carbons (Fsp3) is 0.837. The molecule has 0 saturated heterocycles. The summed E-state index contributed by atoms with van der Waals surface area (Å²) in [5.41, 5.74) is -1.95. The number of Topliss-reactive ketones (excluding diaryl/α,β-unsaturated/α-hetero) is 5. The average Bonchev–Trinajstić information content (AvgIpc) is 2.97. The Bertz CT molecular complexity index is 1070. The van der Waals surface area contributed by atoms with Gasteiger partial charge in [0.05, 0.1) is 0 Å². The van der Waals surface area contributed by atoms with Gasteiger partial charge >= 0.3 is 11.9 Å². The Hall–Kier alpha value is -2.71. The van der Waals surface area contributed by atoms with Crippen LogP contribution in [0.25, 0.3) is 0 Å². The Morgan fingerprint density at radius 3 is 0.827 bits per heavy atom. The first-order chi connectivity index (χ1) is 23.5. The summed E-state index contributed by atoms with van der Waals surface area (Å²) in [5.74, 6) is -1.54. The largest absolute Gasteiger partial charge is 0.462 e. The topological polar surface area (TPSA) is 138 Å². The van der Waals surface area contributed by atoms with Crippen molar-refractivity contribution < 1.29 is 43.0 Å². The molecule has 0 aromatic heterocycles. The highest BCUT2D eigenvalue weighted by atomic mass is 16.5. The number of carbonyl (C=O) groups excluding carboxylic acids is 7. The lowest BCUT2D eigenvalue weighted by atomic mass is 9.82. The van der Waals surface area contributed by atoms with Gasteiger partial charge in [-0.2, -0.15) is 0 Å². The summed E-state index contributed by atoms with van der Waals surface area (Å²) in [4.78, 5) is 89.1. The zero-order valence-electron chi connectivity index (χ0n) is 35.5. The minimum absolute atomic E-state index is 0.0136. The molecule has 0 N–H and O–H groups in total. The maximum atomic E-state index is 13.0. The number of hydrogen-bond acceptors (Lipinski definition) is 9. The van der Waals surface area contributed by atoms with Crippen molar-refractivity contribution >= 4 is 40.9 Å². The molecule has 52 heavy (non-hydrogen) atoms. The third-order valence-corrected chi connectivity index (χ3v) is 10.2. The van der Waals surface area contributed by atoms with Crippen LogP contribution in [-0.2, 0) is 43.0 Å². The van der Waals surface area contributed by atoms with Crippen LogP contribution in [0.1, 0.15) is 181 Å². The van der Waals surface area contributed by atoms with Crippen LogP contribution in [0.15, 0.2) is 0 Å². The Morgan fingerprint density at radius 2 is 0.635 bits per heavy atom. The monoisotopic (exact) mass is 735 g/mol. The van der Waals surface area contributed by atoms with Crippen molar-refractivity contribution in [3.05, 3.63) is 0 Å². The first-order valence-electron chi connectivity index (χ1n) is 19.5. The smallest absolute Gasteiger partial charge is 0.306 e. The Balaban J connectivity index is 5.38. The van der Waals surface area contributed by atoms with E-state index in [4.69, 9.17) is 9.47 Å². The van der Waals surface area contributed by atoms with Gasteiger partial charge in [-0.25, -0.2) is 0 Å². The summed E-state index contributed by atoms with van der Waals surface area (Å²) in [6, 6.07) is 0. The van der Waals surface area contributed by atoms with Crippen LogP contribution in [0.5, 0.6) is 0 Å². The number of ether oxygens (including phenoxy) is 2. The van der Waals surface area contributed by atoms with Gasteiger partial charge in [0.25, 0.3) is 0 Å². The highest BCUT2D eigenvalue weighted by Gasteiger charge is 2.31. The lowest BCUT2D eigenvalue weighted by Gasteiger charge is -2.27. The van der Waals surface area contributed by atoms with E-state index in [1.807, 2.05) is 83.1 Å². The molecule has 0 radical (unpaired) electrons. The second-order valence-corrected chi connectivity index (χ2v) is 19.1. The summed E-state index contributed by atoms with van der Waals surface area (Å²) in [7, 11) is 0. The van der Waals surface area contributed by atoms with E-state index in [1.165, 1.54) is 6.92 Å². The minimum Gasteiger partial charge on any atom is -0.462 e. The molecule has 0 fully saturated rings. The second kappa shape index (κ2) is 21.2. The van der Waals surface area contributed by atoms with E-state index in [1.54, 1.807) is 13.8 Å². The lowest BCUT2D eigenvalue weighted by molar-refractivity contribution is -0.152. The van der Waals surface area contributed by atoms with Gasteiger partial charge in [-0.15, -0.1) is 0 Å². The van der Waals surface area contributed by atoms with E-state index in [0.29, 0.717) is 51.4 Å². The van der Waals surface area contributed by atoms with Crippen LogP contribution in [-0.4, -0.2) is 53.1 Å². The normalized spacial score (nSPS) is 14.5. The van der Waals surface area contributed by atoms with E-state index in [9.17, 15) is 33.6 Å². The third kappa shape index (κ3) is 19.9. The molecule has 0 amide bonds. The number of rotatable bonds is 23. The first-order valence-corrected chi connectivity index (χ1v) is 19.5. The van der Waals surface area contributed by atoms with Gasteiger partial charge in [-0.05, 0) is 71.1 Å². The van der Waals surface area contributed by atoms with Crippen LogP contribution >= 0.6 is 0 Å². The highest BCUT2D eigenvalue weighted by molar-refractivity contribution is 5.85. The molecule has 9 nitrogen and oxygen atoms in total. The van der Waals surface area contributed by atoms with Gasteiger partial charge in [0.2, 0.25) is 0 Å². The van der Waals surface area contributed by atoms with Crippen LogP contribution < -0.4 is 0 Å². The molecular formula is C43H74O9. The van der Waals surface area contributed by atoms with Gasteiger partial charge in [0, 0.05) is 66.1 Å². The fourth-order valence-electron chi connectivity index (χ4n) is 5.85. The van der Waals surface area contributed by atoms with Crippen LogP contribution in [0.3, 0.4) is 0 Å². The molecule has 0 bridgehead atoms. The van der Waals surface area contributed by atoms with Crippen molar-refractivity contribution in [2.45, 2.75) is 193 Å². The van der Waals surface area contributed by atoms with Gasteiger partial charge in [-0.3, -0.25) is 33.6 Å². The van der Waals surface area contributed by atoms with Gasteiger partial charge in [-0.1, -0.05) is 83.1 Å². The van der Waals surface area contributed by atoms with Crippen LogP contribution in [0.2, 0.25) is 0 Å². The molecule has 0 aromatic rings. The molecule has 0 spiro atoms. The number of carbonyl (C=O) groups is 7. The van der Waals surface area contributed by atoms with Crippen molar-refractivity contribution in [1.82, 2.24) is 0 Å². The maximum Gasteiger partial charge on any atom is 0.306 e. The summed E-state index contributed by atoms with van der Waals surface area (Å²) < 4.78 is 11.6. The lowest BCUT2D eigenvalue weighted by Crippen LogP contribution is -2.29. The quantitative estimate of drug-likeness (QED) is 0.0940. The van der Waals surface area contributed by atoms with E-state index in [-0.39, 0.29) is 66.4 Å². The summed E-state index contributed by atoms with van der Waals surface area (Å²) >= 11 is 0. The predicted octanol–water partition coefficient (Wildman–Crippen LogP) is 9.43. The van der Waals surface area contributed by atoms with E-state index in [0.717, 1.165) is 0 Å². The minimum atomic E-state index is -0.542. The van der Waals surface area contributed by atoms with Gasteiger partial charge < -0.3 is 9.47 Å². The van der Waals surface area contributed by atoms with Gasteiger partial charge in [0.1, 0.15) is 41.1 Å². The van der Waals surface area contributed by atoms with E-state index >= 15 is 0 Å². The molecule has 0 aliphatic rings. The Kier molecular flexibility index (Phi) is 20.1. The molecule has 0 heterocycles. The third-order valence-electron chi connectivity index (χ3n) is 10.2. The zero-order valence-corrected chi connectivity index (χ0v) is 35.5. The van der Waals surface area contributed by atoms with Crippen molar-refractivity contribution in [3.8, 4) is 0 Å². The maximum absolute atomic E-state index is 13.0. The molecule has 9 heteroatoms. The SMILES string of the molecule is CC(=O)C(CCC(=O)OC(C)C(CCC(=O)C(C)(C)C)CCC(=O)C(C)(C)C)CCC(=O)OC(C)C(CCC(=O)C(C)(C)C)CCC(=O)C(C)(C)C. The number of esters is 2. The van der Waals surface area contributed by atoms with Gasteiger partial charge in [0.15, 0.2) is 0 Å². The van der Waals surface area contributed by atoms with Crippen molar-refractivity contribution in [2.24, 2.45) is 39.4 Å². The van der Waals surface area contributed by atoms with E-state index in [2.05, 4.69) is 0 Å². The fourth-order valence-corrected chi connectivity index (χ4v) is 5.85. The van der Waals surface area contributed by atoms with Crippen molar-refractivity contribution in [2.75, 3.05) is 0 Å². The molecule has 0 aliphatic carbocycles. The van der Waals surface area contributed by atoms with Crippen LogP contribution in [0.4, 0.5) is 0 Å². The predicted molar refractivity (Wildman–Crippen MR) is 206 cm³/mol. The molecule has 300 valence electrons. The molecule has 0 aromatic carbocycles. The summed E-state index contributed by atoms with van der Waals surface area (Å²) in [5, 5.41) is 0. The highest BCUT2D eigenvalue weighted by Crippen LogP contribution is 2.30. The Morgan fingerprint density at radius 1 is 0.404 bits per heavy atom. The molecular weight excluding hydrogens is 660 g/mol. The Labute approximate surface area is 315 Å². The van der Waals surface area contributed by atoms with Crippen molar-refractivity contribution in [1.29, 1.82) is 0 Å². The zero-order chi connectivity index (χ0) is 40.8. The summed E-state index contributed by atoms with van der Waals surface area (Å²) in [6.07, 6.45) is 2.65. The molecule has 2 atom stereocenters. The second-order valence-electron chi connectivity index (χ2n) is 19.1. The molecule has 2 unspecified atom stereocenters. The number of hydrogen-bond donors (Lipinski definition) is 0. The summed E-state index contributed by atoms with van der Waals surface area (Å²) in [6.45, 7) is 27.5. The average molecular weight is 735 g/mol. The first kappa shape index (κ1) is 49.3. The molecule has 0 saturated carbocycles. The molecule has 0 aliphatic heterocycles. The van der Waals surface area contributed by atoms with E-state index < -0.39 is 51.7 Å². The van der Waals surface area contributed by atoms with Crippen molar-refractivity contribution in [3.63, 3.8) is 0 Å². The molecule has 0 rings (SSSR count). The number of ketones is 5. The standard InChI is InChI=1S/C43H74O9/c1-28(44)31(20-26-38(49)51-29(2)32(16-22-34(45)40(4,5)6)17-23-35(46)41(7,8)9)21-27-39(50)52-30(3)33(18-24-36(47)42(10,11)12)19-25-37(48)43(13,14)15/h29-33H,16-27H2,1-15H3. The van der Waals surface area contributed by atoms with Crippen LogP contribution in [0, 0.1) is 39.4 Å².